The highest BCUT2D eigenvalue weighted by Crippen LogP contribution is 2.31. The fourth-order valence-electron chi connectivity index (χ4n) is 2.30. The number of hydrogen-bond donors (Lipinski definition) is 1. The Labute approximate surface area is 126 Å². The van der Waals surface area contributed by atoms with Gasteiger partial charge in [-0.05, 0) is 29.8 Å². The number of carbonyl (C=O) groups is 1. The molecule has 3 nitrogen and oxygen atoms in total. The molecule has 1 atom stereocenters. The summed E-state index contributed by atoms with van der Waals surface area (Å²) >= 11 is 5.91. The third kappa shape index (κ3) is 3.00. The van der Waals surface area contributed by atoms with Crippen LogP contribution in [0.15, 0.2) is 42.5 Å². The number of benzene rings is 2. The molecular weight excluding hydrogens is 293 g/mol. The molecule has 21 heavy (non-hydrogen) atoms. The number of nitrogens with one attached hydrogen (secondary N) is 1. The van der Waals surface area contributed by atoms with E-state index >= 15 is 0 Å². The lowest BCUT2D eigenvalue weighted by atomic mass is 10.1. The summed E-state index contributed by atoms with van der Waals surface area (Å²) in [5, 5.41) is 3.31. The number of carbonyl (C=O) groups excluding carboxylic acids is 1. The second-order valence-corrected chi connectivity index (χ2v) is 5.31. The van der Waals surface area contributed by atoms with Crippen LogP contribution in [0.4, 0.5) is 4.39 Å². The summed E-state index contributed by atoms with van der Waals surface area (Å²) in [5.74, 6) is 0.0798. The summed E-state index contributed by atoms with van der Waals surface area (Å²) in [5.41, 5.74) is 1.36. The van der Waals surface area contributed by atoms with Crippen molar-refractivity contribution in [3.8, 4) is 5.75 Å². The van der Waals surface area contributed by atoms with Crippen LogP contribution in [-0.4, -0.2) is 12.0 Å². The van der Waals surface area contributed by atoms with Gasteiger partial charge in [0.15, 0.2) is 6.10 Å². The van der Waals surface area contributed by atoms with Gasteiger partial charge in [-0.3, -0.25) is 4.79 Å². The van der Waals surface area contributed by atoms with E-state index in [1.807, 2.05) is 0 Å². The Morgan fingerprint density at radius 1 is 1.33 bits per heavy atom. The fourth-order valence-corrected chi connectivity index (χ4v) is 2.50. The first kappa shape index (κ1) is 13.9. The molecule has 0 aromatic heterocycles. The maximum atomic E-state index is 13.5. The summed E-state index contributed by atoms with van der Waals surface area (Å²) < 4.78 is 19.1. The predicted octanol–water partition coefficient (Wildman–Crippen LogP) is 3.10. The van der Waals surface area contributed by atoms with Gasteiger partial charge in [-0.1, -0.05) is 29.8 Å². The molecule has 0 aliphatic carbocycles. The van der Waals surface area contributed by atoms with Crippen molar-refractivity contribution in [1.29, 1.82) is 0 Å². The molecule has 1 amide bonds. The van der Waals surface area contributed by atoms with E-state index in [1.165, 1.54) is 6.07 Å². The van der Waals surface area contributed by atoms with E-state index in [4.69, 9.17) is 16.3 Å². The zero-order valence-electron chi connectivity index (χ0n) is 11.1. The molecule has 0 radical (unpaired) electrons. The van der Waals surface area contributed by atoms with Crippen molar-refractivity contribution in [2.75, 3.05) is 0 Å². The van der Waals surface area contributed by atoms with Crippen molar-refractivity contribution in [2.24, 2.45) is 0 Å². The van der Waals surface area contributed by atoms with Crippen LogP contribution in [0.1, 0.15) is 11.1 Å². The maximum Gasteiger partial charge on any atom is 0.261 e. The minimum atomic E-state index is -0.592. The van der Waals surface area contributed by atoms with Crippen LogP contribution in [0.25, 0.3) is 0 Å². The van der Waals surface area contributed by atoms with Crippen LogP contribution in [-0.2, 0) is 17.8 Å². The highest BCUT2D eigenvalue weighted by atomic mass is 35.5. The minimum Gasteiger partial charge on any atom is -0.480 e. The van der Waals surface area contributed by atoms with Gasteiger partial charge in [-0.15, -0.1) is 0 Å². The molecule has 0 fully saturated rings. The molecule has 2 aromatic carbocycles. The number of fused-ring (bicyclic) bond motifs is 1. The van der Waals surface area contributed by atoms with E-state index in [-0.39, 0.29) is 18.3 Å². The monoisotopic (exact) mass is 305 g/mol. The first-order valence-electron chi connectivity index (χ1n) is 6.59. The molecule has 1 aliphatic heterocycles. The van der Waals surface area contributed by atoms with Crippen molar-refractivity contribution in [1.82, 2.24) is 5.32 Å². The normalized spacial score (nSPS) is 16.2. The van der Waals surface area contributed by atoms with Crippen molar-refractivity contribution in [2.45, 2.75) is 19.1 Å². The molecule has 5 heteroatoms. The van der Waals surface area contributed by atoms with Gasteiger partial charge in [0.2, 0.25) is 0 Å². The molecule has 0 unspecified atom stereocenters. The second-order valence-electron chi connectivity index (χ2n) is 4.87. The largest absolute Gasteiger partial charge is 0.480 e. The topological polar surface area (TPSA) is 38.3 Å². The Bertz CT molecular complexity index is 690. The number of hydrogen-bond acceptors (Lipinski definition) is 2. The van der Waals surface area contributed by atoms with E-state index in [1.54, 1.807) is 36.4 Å². The zero-order chi connectivity index (χ0) is 14.8. The van der Waals surface area contributed by atoms with Crippen LogP contribution in [0.3, 0.4) is 0 Å². The molecule has 1 aliphatic rings. The van der Waals surface area contributed by atoms with Crippen LogP contribution in [0, 0.1) is 5.82 Å². The summed E-state index contributed by atoms with van der Waals surface area (Å²) in [6, 6.07) is 11.6. The van der Waals surface area contributed by atoms with E-state index in [2.05, 4.69) is 5.32 Å². The SMILES string of the molecule is O=C(NCc1ccccc1F)[C@@H]1Cc2cc(Cl)ccc2O1. The third-order valence-corrected chi connectivity index (χ3v) is 3.64. The molecule has 3 rings (SSSR count). The fraction of sp³-hybridized carbons (Fsp3) is 0.188. The first-order chi connectivity index (χ1) is 10.1. The van der Waals surface area contributed by atoms with Gasteiger partial charge in [0, 0.05) is 23.6 Å². The predicted molar refractivity (Wildman–Crippen MR) is 77.8 cm³/mol. The Morgan fingerprint density at radius 2 is 2.14 bits per heavy atom. The van der Waals surface area contributed by atoms with E-state index < -0.39 is 6.10 Å². The lowest BCUT2D eigenvalue weighted by molar-refractivity contribution is -0.127. The van der Waals surface area contributed by atoms with E-state index in [9.17, 15) is 9.18 Å². The first-order valence-corrected chi connectivity index (χ1v) is 6.97. The number of rotatable bonds is 3. The molecule has 1 heterocycles. The van der Waals surface area contributed by atoms with Gasteiger partial charge in [-0.25, -0.2) is 4.39 Å². The Kier molecular flexibility index (Phi) is 3.80. The van der Waals surface area contributed by atoms with Gasteiger partial charge >= 0.3 is 0 Å². The Morgan fingerprint density at radius 3 is 2.95 bits per heavy atom. The number of amides is 1. The highest BCUT2D eigenvalue weighted by molar-refractivity contribution is 6.30. The lowest BCUT2D eigenvalue weighted by Gasteiger charge is -2.11. The van der Waals surface area contributed by atoms with Crippen molar-refractivity contribution in [3.63, 3.8) is 0 Å². The molecule has 0 bridgehead atoms. The summed E-state index contributed by atoms with van der Waals surface area (Å²) in [4.78, 5) is 12.1. The maximum absolute atomic E-state index is 13.5. The molecular formula is C16H13ClFNO2. The van der Waals surface area contributed by atoms with Crippen LogP contribution in [0.2, 0.25) is 5.02 Å². The summed E-state index contributed by atoms with van der Waals surface area (Å²) in [6.45, 7) is 0.141. The van der Waals surface area contributed by atoms with Crippen molar-refractivity contribution in [3.05, 3.63) is 64.4 Å². The number of ether oxygens (including phenoxy) is 1. The Balaban J connectivity index is 1.62. The standard InChI is InChI=1S/C16H13ClFNO2/c17-12-5-6-14-11(7-12)8-15(21-14)16(20)19-9-10-3-1-2-4-13(10)18/h1-7,15H,8-9H2,(H,19,20)/t15-/m0/s1. The summed E-state index contributed by atoms with van der Waals surface area (Å²) in [6.07, 6.45) is -0.121. The zero-order valence-corrected chi connectivity index (χ0v) is 11.9. The van der Waals surface area contributed by atoms with Crippen LogP contribution < -0.4 is 10.1 Å². The quantitative estimate of drug-likeness (QED) is 0.946. The average Bonchev–Trinajstić information content (AvgIpc) is 2.89. The van der Waals surface area contributed by atoms with Crippen molar-refractivity contribution < 1.29 is 13.9 Å². The highest BCUT2D eigenvalue weighted by Gasteiger charge is 2.29. The smallest absolute Gasteiger partial charge is 0.261 e. The number of halogens is 2. The minimum absolute atomic E-state index is 0.141. The van der Waals surface area contributed by atoms with E-state index in [0.29, 0.717) is 22.8 Å². The van der Waals surface area contributed by atoms with Gasteiger partial charge in [0.05, 0.1) is 0 Å². The van der Waals surface area contributed by atoms with Gasteiger partial charge in [0.25, 0.3) is 5.91 Å². The molecule has 1 N–H and O–H groups in total. The molecule has 0 spiro atoms. The van der Waals surface area contributed by atoms with Gasteiger partial charge < -0.3 is 10.1 Å². The molecule has 0 saturated carbocycles. The molecule has 2 aromatic rings. The second kappa shape index (κ2) is 5.74. The average molecular weight is 306 g/mol. The van der Waals surface area contributed by atoms with Gasteiger partial charge in [0.1, 0.15) is 11.6 Å². The Hall–Kier alpha value is -2.07. The van der Waals surface area contributed by atoms with E-state index in [0.717, 1.165) is 5.56 Å². The third-order valence-electron chi connectivity index (χ3n) is 3.40. The molecule has 0 saturated heterocycles. The van der Waals surface area contributed by atoms with Gasteiger partial charge in [-0.2, -0.15) is 0 Å². The van der Waals surface area contributed by atoms with Crippen molar-refractivity contribution >= 4 is 17.5 Å². The summed E-state index contributed by atoms with van der Waals surface area (Å²) in [7, 11) is 0. The van der Waals surface area contributed by atoms with Crippen LogP contribution >= 0.6 is 11.6 Å². The lowest BCUT2D eigenvalue weighted by Crippen LogP contribution is -2.37. The van der Waals surface area contributed by atoms with Crippen LogP contribution in [0.5, 0.6) is 5.75 Å². The molecule has 108 valence electrons.